The van der Waals surface area contributed by atoms with Gasteiger partial charge < -0.3 is 10.6 Å². The minimum atomic E-state index is -0.323. The van der Waals surface area contributed by atoms with Crippen LogP contribution < -0.4 is 15.5 Å². The number of amides is 3. The molecule has 0 aromatic heterocycles. The normalized spacial score (nSPS) is 12.8. The molecule has 1 unspecified atom stereocenters. The van der Waals surface area contributed by atoms with Gasteiger partial charge in [-0.2, -0.15) is 0 Å². The molecule has 1 aliphatic rings. The van der Waals surface area contributed by atoms with Gasteiger partial charge in [-0.3, -0.25) is 9.69 Å². The fourth-order valence-corrected chi connectivity index (χ4v) is 5.04. The topological polar surface area (TPSA) is 61.4 Å². The van der Waals surface area contributed by atoms with Gasteiger partial charge in [0.2, 0.25) is 0 Å². The van der Waals surface area contributed by atoms with Crippen molar-refractivity contribution in [1.29, 1.82) is 0 Å². The number of fused-ring (bicyclic) bond motifs is 2. The van der Waals surface area contributed by atoms with E-state index in [0.29, 0.717) is 11.3 Å². The van der Waals surface area contributed by atoms with Crippen molar-refractivity contribution < 1.29 is 9.59 Å². The van der Waals surface area contributed by atoms with Crippen LogP contribution in [0, 0.1) is 0 Å². The van der Waals surface area contributed by atoms with E-state index in [9.17, 15) is 9.59 Å². The third-order valence-corrected chi connectivity index (χ3v) is 6.83. The maximum Gasteiger partial charge on any atom is 0.331 e. The van der Waals surface area contributed by atoms with Gasteiger partial charge in [-0.15, -0.1) is 0 Å². The van der Waals surface area contributed by atoms with Gasteiger partial charge >= 0.3 is 6.03 Å². The van der Waals surface area contributed by atoms with Gasteiger partial charge in [-0.1, -0.05) is 78.5 Å². The lowest BCUT2D eigenvalue weighted by molar-refractivity contribution is 0.0941. The van der Waals surface area contributed by atoms with Gasteiger partial charge in [0.05, 0.1) is 28.7 Å². The highest BCUT2D eigenvalue weighted by atomic mass is 32.2. The second kappa shape index (κ2) is 9.45. The average molecular weight is 466 g/mol. The van der Waals surface area contributed by atoms with Crippen LogP contribution in [0.1, 0.15) is 28.9 Å². The van der Waals surface area contributed by atoms with Crippen LogP contribution in [-0.2, 0) is 0 Å². The van der Waals surface area contributed by atoms with Crippen molar-refractivity contribution in [3.63, 3.8) is 0 Å². The summed E-state index contributed by atoms with van der Waals surface area (Å²) in [6.07, 6.45) is 0. The number of hydrogen-bond donors (Lipinski definition) is 2. The molecular formula is C28H23N3O2S. The smallest absolute Gasteiger partial charge is 0.331 e. The SMILES string of the molecule is CC(NC(=O)c1ccccc1NC(=O)N1c2ccccc2Sc2ccccc21)c1ccccc1. The molecule has 0 fully saturated rings. The molecular weight excluding hydrogens is 442 g/mol. The van der Waals surface area contributed by atoms with Gasteiger partial charge in [-0.05, 0) is 48.9 Å². The van der Waals surface area contributed by atoms with E-state index in [1.165, 1.54) is 0 Å². The van der Waals surface area contributed by atoms with Crippen LogP contribution in [0.5, 0.6) is 0 Å². The second-order valence-electron chi connectivity index (χ2n) is 7.95. The van der Waals surface area contributed by atoms with Crippen LogP contribution in [0.4, 0.5) is 21.9 Å². The van der Waals surface area contributed by atoms with Crippen molar-refractivity contribution in [1.82, 2.24) is 5.32 Å². The minimum absolute atomic E-state index is 0.171. The van der Waals surface area contributed by atoms with E-state index in [-0.39, 0.29) is 18.0 Å². The lowest BCUT2D eigenvalue weighted by atomic mass is 10.1. The first-order valence-corrected chi connectivity index (χ1v) is 11.9. The number of benzene rings is 4. The molecule has 0 bridgehead atoms. The summed E-state index contributed by atoms with van der Waals surface area (Å²) in [5.41, 5.74) is 3.49. The largest absolute Gasteiger partial charge is 0.345 e. The van der Waals surface area contributed by atoms with Gasteiger partial charge in [0.1, 0.15) is 0 Å². The summed E-state index contributed by atoms with van der Waals surface area (Å²) >= 11 is 1.64. The van der Waals surface area contributed by atoms with E-state index >= 15 is 0 Å². The number of nitrogens with one attached hydrogen (secondary N) is 2. The van der Waals surface area contributed by atoms with Crippen molar-refractivity contribution in [2.45, 2.75) is 22.8 Å². The Labute approximate surface area is 202 Å². The van der Waals surface area contributed by atoms with Crippen molar-refractivity contribution in [2.24, 2.45) is 0 Å². The molecule has 0 aliphatic carbocycles. The lowest BCUT2D eigenvalue weighted by Gasteiger charge is -2.31. The Kier molecular flexibility index (Phi) is 6.06. The third-order valence-electron chi connectivity index (χ3n) is 5.70. The van der Waals surface area contributed by atoms with Gasteiger partial charge in [0, 0.05) is 9.79 Å². The first-order valence-electron chi connectivity index (χ1n) is 11.0. The number of rotatable bonds is 4. The summed E-state index contributed by atoms with van der Waals surface area (Å²) < 4.78 is 0. The molecule has 34 heavy (non-hydrogen) atoms. The zero-order valence-electron chi connectivity index (χ0n) is 18.6. The maximum atomic E-state index is 13.6. The van der Waals surface area contributed by atoms with E-state index in [4.69, 9.17) is 0 Å². The fraction of sp³-hybridized carbons (Fsp3) is 0.0714. The number of carbonyl (C=O) groups is 2. The van der Waals surface area contributed by atoms with E-state index in [2.05, 4.69) is 10.6 Å². The Balaban J connectivity index is 1.42. The number of anilines is 3. The van der Waals surface area contributed by atoms with Crippen LogP contribution in [0.15, 0.2) is 113 Å². The monoisotopic (exact) mass is 465 g/mol. The molecule has 5 nitrogen and oxygen atoms in total. The molecule has 1 atom stereocenters. The summed E-state index contributed by atoms with van der Waals surface area (Å²) in [5.74, 6) is -0.248. The first-order chi connectivity index (χ1) is 16.6. The molecule has 4 aromatic carbocycles. The summed E-state index contributed by atoms with van der Waals surface area (Å²) in [5, 5.41) is 6.00. The van der Waals surface area contributed by atoms with Crippen LogP contribution in [-0.4, -0.2) is 11.9 Å². The number of hydrogen-bond acceptors (Lipinski definition) is 3. The molecule has 3 amide bonds. The molecule has 1 aliphatic heterocycles. The summed E-state index contributed by atoms with van der Waals surface area (Å²) in [4.78, 5) is 30.4. The van der Waals surface area contributed by atoms with Gasteiger partial charge in [-0.25, -0.2) is 4.79 Å². The van der Waals surface area contributed by atoms with Crippen molar-refractivity contribution >= 4 is 40.8 Å². The fourth-order valence-electron chi connectivity index (χ4n) is 3.98. The van der Waals surface area contributed by atoms with Crippen LogP contribution >= 0.6 is 11.8 Å². The molecule has 0 saturated carbocycles. The number of nitrogens with zero attached hydrogens (tertiary/aromatic N) is 1. The van der Waals surface area contributed by atoms with Crippen molar-refractivity contribution in [3.8, 4) is 0 Å². The molecule has 1 heterocycles. The second-order valence-corrected chi connectivity index (χ2v) is 9.04. The van der Waals surface area contributed by atoms with E-state index in [1.807, 2.05) is 85.8 Å². The van der Waals surface area contributed by atoms with Crippen LogP contribution in [0.3, 0.4) is 0 Å². The lowest BCUT2D eigenvalue weighted by Crippen LogP contribution is -2.34. The zero-order valence-corrected chi connectivity index (χ0v) is 19.4. The Hall–Kier alpha value is -4.03. The standard InChI is InChI=1S/C28H23N3O2S/c1-19(20-11-3-2-4-12-20)29-27(32)21-13-5-6-14-22(21)30-28(33)31-23-15-7-9-17-25(23)34-26-18-10-8-16-24(26)31/h2-19H,1H3,(H,29,32)(H,30,33). The quantitative estimate of drug-likeness (QED) is 0.341. The van der Waals surface area contributed by atoms with Crippen LogP contribution in [0.2, 0.25) is 0 Å². The van der Waals surface area contributed by atoms with E-state index < -0.39 is 0 Å². The number of para-hydroxylation sites is 3. The minimum Gasteiger partial charge on any atom is -0.345 e. The predicted molar refractivity (Wildman–Crippen MR) is 137 cm³/mol. The molecule has 168 valence electrons. The predicted octanol–water partition coefficient (Wildman–Crippen LogP) is 7.01. The molecule has 5 rings (SSSR count). The maximum absolute atomic E-state index is 13.6. The number of carbonyl (C=O) groups excluding carboxylic acids is 2. The van der Waals surface area contributed by atoms with E-state index in [1.54, 1.807) is 40.9 Å². The van der Waals surface area contributed by atoms with Gasteiger partial charge in [0.25, 0.3) is 5.91 Å². The molecule has 6 heteroatoms. The van der Waals surface area contributed by atoms with Crippen LogP contribution in [0.25, 0.3) is 0 Å². The van der Waals surface area contributed by atoms with E-state index in [0.717, 1.165) is 26.7 Å². The Morgan fingerprint density at radius 3 is 1.97 bits per heavy atom. The zero-order chi connectivity index (χ0) is 23.5. The summed E-state index contributed by atoms with van der Waals surface area (Å²) in [6.45, 7) is 1.94. The Morgan fingerprint density at radius 2 is 1.29 bits per heavy atom. The molecule has 0 spiro atoms. The average Bonchev–Trinajstić information content (AvgIpc) is 2.88. The third kappa shape index (κ3) is 4.28. The molecule has 4 aromatic rings. The summed E-state index contributed by atoms with van der Waals surface area (Å²) in [6, 6.07) is 32.0. The Morgan fingerprint density at radius 1 is 0.735 bits per heavy atom. The van der Waals surface area contributed by atoms with Crippen molar-refractivity contribution in [3.05, 3.63) is 114 Å². The molecule has 0 radical (unpaired) electrons. The highest BCUT2D eigenvalue weighted by Crippen LogP contribution is 2.48. The first kappa shape index (κ1) is 21.8. The number of urea groups is 1. The van der Waals surface area contributed by atoms with Crippen molar-refractivity contribution in [2.75, 3.05) is 10.2 Å². The highest BCUT2D eigenvalue weighted by Gasteiger charge is 2.28. The highest BCUT2D eigenvalue weighted by molar-refractivity contribution is 7.99. The molecule has 0 saturated heterocycles. The molecule has 2 N–H and O–H groups in total. The van der Waals surface area contributed by atoms with Gasteiger partial charge in [0.15, 0.2) is 0 Å². The Bertz CT molecular complexity index is 1310. The summed E-state index contributed by atoms with van der Waals surface area (Å²) in [7, 11) is 0.